The minimum Gasteiger partial charge on any atom is -0.439 e. The lowest BCUT2D eigenvalue weighted by Crippen LogP contribution is -2.47. The van der Waals surface area contributed by atoms with E-state index in [1.54, 1.807) is 56.2 Å². The number of ketones is 1. The largest absolute Gasteiger partial charge is 0.439 e. The van der Waals surface area contributed by atoms with Gasteiger partial charge in [-0.2, -0.15) is 0 Å². The number of carbonyl (C=O) groups is 2. The fourth-order valence-electron chi connectivity index (χ4n) is 7.37. The van der Waals surface area contributed by atoms with Crippen molar-refractivity contribution in [2.75, 3.05) is 33.3 Å². The summed E-state index contributed by atoms with van der Waals surface area (Å²) in [6.45, 7) is 16.1. The summed E-state index contributed by atoms with van der Waals surface area (Å²) in [5.74, 6) is -0.592. The molecule has 1 aliphatic carbocycles. The van der Waals surface area contributed by atoms with Gasteiger partial charge in [-0.1, -0.05) is 64.8 Å². The van der Waals surface area contributed by atoms with E-state index in [1.165, 1.54) is 25.7 Å². The van der Waals surface area contributed by atoms with Gasteiger partial charge in [0.2, 0.25) is 0 Å². The van der Waals surface area contributed by atoms with E-state index in [2.05, 4.69) is 4.90 Å². The molecule has 0 bridgehead atoms. The molecule has 2 heterocycles. The average molecular weight is 705 g/mol. The van der Waals surface area contributed by atoms with E-state index in [4.69, 9.17) is 14.2 Å². The summed E-state index contributed by atoms with van der Waals surface area (Å²) in [6.07, 6.45) is 14.9. The van der Waals surface area contributed by atoms with Crippen LogP contribution in [0, 0.1) is 11.8 Å². The summed E-state index contributed by atoms with van der Waals surface area (Å²) in [5, 5.41) is 31.4. The fourth-order valence-corrected chi connectivity index (χ4v) is 7.37. The molecule has 9 atom stereocenters. The number of epoxide rings is 1. The van der Waals surface area contributed by atoms with Gasteiger partial charge in [0.25, 0.3) is 0 Å². The van der Waals surface area contributed by atoms with E-state index < -0.39 is 41.5 Å². The highest BCUT2D eigenvalue weighted by molar-refractivity contribution is 5.97. The molecule has 0 radical (unpaired) electrons. The molecule has 1 amide bonds. The number of hydrogen-bond acceptors (Lipinski definition) is 9. The molecule has 10 heteroatoms. The number of hydrogen-bond donors (Lipinski definition) is 3. The first-order valence-electron chi connectivity index (χ1n) is 19.2. The monoisotopic (exact) mass is 704 g/mol. The van der Waals surface area contributed by atoms with Crippen LogP contribution in [0.1, 0.15) is 113 Å². The lowest BCUT2D eigenvalue weighted by atomic mass is 9.89. The molecular formula is C40H68N2O8. The number of Topliss-reactive ketones (excluding diaryl/α,β-unsaturated/α-hetero) is 1. The molecule has 2 aliphatic heterocycles. The Morgan fingerprint density at radius 2 is 1.70 bits per heavy atom. The lowest BCUT2D eigenvalue weighted by molar-refractivity contribution is -0.117. The molecule has 0 aromatic carbocycles. The van der Waals surface area contributed by atoms with E-state index in [1.807, 2.05) is 34.6 Å². The van der Waals surface area contributed by atoms with Gasteiger partial charge in [0.15, 0.2) is 11.9 Å². The quantitative estimate of drug-likeness (QED) is 0.0644. The second-order valence-corrected chi connectivity index (χ2v) is 15.5. The van der Waals surface area contributed by atoms with Crippen LogP contribution in [-0.2, 0) is 19.0 Å². The second-order valence-electron chi connectivity index (χ2n) is 15.5. The number of aliphatic hydroxyl groups excluding tert-OH is 2. The maximum Gasteiger partial charge on any atom is 0.410 e. The van der Waals surface area contributed by atoms with E-state index in [0.717, 1.165) is 19.5 Å². The van der Waals surface area contributed by atoms with Crippen molar-refractivity contribution in [2.24, 2.45) is 11.8 Å². The Morgan fingerprint density at radius 1 is 1.00 bits per heavy atom. The molecular weight excluding hydrogens is 636 g/mol. The normalized spacial score (nSPS) is 26.6. The van der Waals surface area contributed by atoms with Crippen LogP contribution in [0.4, 0.5) is 4.79 Å². The highest BCUT2D eigenvalue weighted by atomic mass is 16.6. The van der Waals surface area contributed by atoms with Gasteiger partial charge in [0, 0.05) is 57.6 Å². The van der Waals surface area contributed by atoms with E-state index in [9.17, 15) is 24.9 Å². The first-order valence-corrected chi connectivity index (χ1v) is 19.2. The number of ether oxygens (including phenoxy) is 3. The summed E-state index contributed by atoms with van der Waals surface area (Å²) < 4.78 is 17.9. The molecule has 286 valence electrons. The summed E-state index contributed by atoms with van der Waals surface area (Å²) >= 11 is 0. The summed E-state index contributed by atoms with van der Waals surface area (Å²) in [6, 6.07) is 0.615. The van der Waals surface area contributed by atoms with E-state index in [0.29, 0.717) is 56.8 Å². The van der Waals surface area contributed by atoms with Gasteiger partial charge in [-0.3, -0.25) is 9.69 Å². The lowest BCUT2D eigenvalue weighted by Gasteiger charge is -2.36. The molecule has 3 N–H and O–H groups in total. The number of methoxy groups -OCH3 is 1. The number of amides is 1. The van der Waals surface area contributed by atoms with E-state index >= 15 is 0 Å². The number of rotatable bonds is 19. The Balaban J connectivity index is 1.66. The Hall–Kier alpha value is -2.08. The van der Waals surface area contributed by atoms with Crippen LogP contribution >= 0.6 is 0 Å². The fraction of sp³-hybridized carbons (Fsp3) is 0.800. The number of allylic oxidation sites excluding steroid dienone is 4. The SMILES string of the molecule is CCC(O)CCC(C)(OC)C(/C=C/C(C)C(=O)/C(C)=C/C=C/C(C)(O)CC1OC1C(C)C(O)CC)OC(=O)N1CCCN(C2CCCC2)CC1. The van der Waals surface area contributed by atoms with Gasteiger partial charge in [-0.15, -0.1) is 0 Å². The predicted octanol–water partition coefficient (Wildman–Crippen LogP) is 5.98. The molecule has 3 fully saturated rings. The number of nitrogens with zero attached hydrogens (tertiary/aromatic N) is 2. The molecule has 3 aliphatic rings. The standard InChI is InChI=1S/C40H68N2O8/c1-9-32(43)20-22-40(7,48-8)35(50-38(46)42-24-14-23-41(25-26-42)31-16-11-12-17-31)19-18-29(4)36(45)28(3)15-13-21-39(6,47)27-34-37(49-34)30(5)33(44)10-2/h13,15,18-19,21,29-35,37,43-44,47H,9-12,14,16-17,20,22-27H2,1-8H3/b19-18+,21-13+,28-15+. The topological polar surface area (TPSA) is 132 Å². The van der Waals surface area contributed by atoms with Crippen LogP contribution in [0.5, 0.6) is 0 Å². The predicted molar refractivity (Wildman–Crippen MR) is 197 cm³/mol. The second kappa shape index (κ2) is 19.7. The third kappa shape index (κ3) is 12.6. The van der Waals surface area contributed by atoms with Gasteiger partial charge in [0.1, 0.15) is 5.60 Å². The van der Waals surface area contributed by atoms with Crippen molar-refractivity contribution >= 4 is 11.9 Å². The highest BCUT2D eigenvalue weighted by Gasteiger charge is 2.47. The Bertz CT molecular complexity index is 1160. The molecule has 10 nitrogen and oxygen atoms in total. The van der Waals surface area contributed by atoms with Crippen molar-refractivity contribution in [3.63, 3.8) is 0 Å². The summed E-state index contributed by atoms with van der Waals surface area (Å²) in [7, 11) is 1.59. The third-order valence-electron chi connectivity index (χ3n) is 11.3. The maximum absolute atomic E-state index is 13.6. The van der Waals surface area contributed by atoms with Crippen LogP contribution in [0.25, 0.3) is 0 Å². The zero-order valence-electron chi connectivity index (χ0n) is 32.2. The van der Waals surface area contributed by atoms with Crippen molar-refractivity contribution in [2.45, 2.75) is 160 Å². The number of carbonyl (C=O) groups excluding carboxylic acids is 2. The molecule has 0 aromatic rings. The first-order chi connectivity index (χ1) is 23.6. The molecule has 50 heavy (non-hydrogen) atoms. The molecule has 9 unspecified atom stereocenters. The zero-order chi connectivity index (χ0) is 37.1. The Kier molecular flexibility index (Phi) is 16.7. The molecule has 3 rings (SSSR count). The van der Waals surface area contributed by atoms with Crippen molar-refractivity contribution < 1.29 is 39.1 Å². The molecule has 0 spiro atoms. The molecule has 0 aromatic heterocycles. The summed E-state index contributed by atoms with van der Waals surface area (Å²) in [4.78, 5) is 31.3. The first kappa shape index (κ1) is 42.3. The van der Waals surface area contributed by atoms with Crippen molar-refractivity contribution in [1.29, 1.82) is 0 Å². The molecule has 2 saturated heterocycles. The van der Waals surface area contributed by atoms with Crippen molar-refractivity contribution in [3.8, 4) is 0 Å². The number of aliphatic hydroxyl groups is 3. The maximum atomic E-state index is 13.6. The van der Waals surface area contributed by atoms with Crippen LogP contribution in [0.2, 0.25) is 0 Å². The van der Waals surface area contributed by atoms with Crippen LogP contribution in [0.15, 0.2) is 36.0 Å². The average Bonchev–Trinajstić information content (AvgIpc) is 3.72. The van der Waals surface area contributed by atoms with Gasteiger partial charge < -0.3 is 34.4 Å². The molecule has 1 saturated carbocycles. The van der Waals surface area contributed by atoms with Crippen LogP contribution in [0.3, 0.4) is 0 Å². The minimum absolute atomic E-state index is 0.00781. The van der Waals surface area contributed by atoms with Crippen molar-refractivity contribution in [3.05, 3.63) is 36.0 Å². The van der Waals surface area contributed by atoms with Gasteiger partial charge >= 0.3 is 6.09 Å². The van der Waals surface area contributed by atoms with Gasteiger partial charge in [-0.25, -0.2) is 4.79 Å². The van der Waals surface area contributed by atoms with Crippen LogP contribution in [-0.4, -0.2) is 118 Å². The Morgan fingerprint density at radius 3 is 2.34 bits per heavy atom. The van der Waals surface area contributed by atoms with Crippen molar-refractivity contribution in [1.82, 2.24) is 9.80 Å². The third-order valence-corrected chi connectivity index (χ3v) is 11.3. The van der Waals surface area contributed by atoms with E-state index in [-0.39, 0.29) is 23.9 Å². The highest BCUT2D eigenvalue weighted by Crippen LogP contribution is 2.37. The zero-order valence-corrected chi connectivity index (χ0v) is 32.2. The minimum atomic E-state index is -1.13. The summed E-state index contributed by atoms with van der Waals surface area (Å²) in [5.41, 5.74) is -1.51. The smallest absolute Gasteiger partial charge is 0.410 e. The Labute approximate surface area is 301 Å². The van der Waals surface area contributed by atoms with Gasteiger partial charge in [-0.05, 0) is 77.4 Å². The van der Waals surface area contributed by atoms with Gasteiger partial charge in [0.05, 0.1) is 30.0 Å². The van der Waals surface area contributed by atoms with Crippen LogP contribution < -0.4 is 0 Å².